The number of carbonyl (C=O) groups is 2. The summed E-state index contributed by atoms with van der Waals surface area (Å²) in [6.45, 7) is 4.90. The van der Waals surface area contributed by atoms with Crippen LogP contribution in [0.25, 0.3) is 34.2 Å². The van der Waals surface area contributed by atoms with Gasteiger partial charge in [0.05, 0.1) is 30.2 Å². The highest BCUT2D eigenvalue weighted by Crippen LogP contribution is 2.34. The number of benzene rings is 1. The fraction of sp³-hybridized carbons (Fsp3) is 0.400. The molecule has 0 N–H and O–H groups in total. The maximum absolute atomic E-state index is 14.3. The van der Waals surface area contributed by atoms with Crippen molar-refractivity contribution in [1.82, 2.24) is 29.1 Å². The number of unbranched alkanes of at least 4 members (excludes halogenated alkanes) is 10. The van der Waals surface area contributed by atoms with Gasteiger partial charge in [0, 0.05) is 60.7 Å². The lowest BCUT2D eigenvalue weighted by Crippen LogP contribution is -2.20. The highest BCUT2D eigenvalue weighted by atomic mass is 16.5. The van der Waals surface area contributed by atoms with Crippen LogP contribution in [0.4, 0.5) is 0 Å². The van der Waals surface area contributed by atoms with E-state index in [0.717, 1.165) is 56.1 Å². The first kappa shape index (κ1) is 36.2. The van der Waals surface area contributed by atoms with Crippen LogP contribution in [0.2, 0.25) is 0 Å². The summed E-state index contributed by atoms with van der Waals surface area (Å²) < 4.78 is 15.5. The molecule has 4 heterocycles. The summed E-state index contributed by atoms with van der Waals surface area (Å²) in [5.74, 6) is 0.0520. The predicted octanol–water partition coefficient (Wildman–Crippen LogP) is 9.22. The molecule has 5 aromatic rings. The maximum atomic E-state index is 14.3. The number of imidazole rings is 2. The smallest absolute Gasteiger partial charge is 0.341 e. The van der Waals surface area contributed by atoms with Gasteiger partial charge in [-0.25, -0.2) is 19.6 Å². The zero-order chi connectivity index (χ0) is 35.0. The van der Waals surface area contributed by atoms with Gasteiger partial charge in [-0.1, -0.05) is 78.1 Å². The Balaban J connectivity index is 1.59. The first-order valence-electron chi connectivity index (χ1n) is 18.0. The van der Waals surface area contributed by atoms with E-state index in [-0.39, 0.29) is 24.3 Å². The standard InChI is InChI=1S/C40H48N6O4/c1-3-5-7-9-11-13-29-49-39(47)33-15-16-34(45-27-25-43-37(45)31-17-21-41-22-18-31)36(35(33)40(48)50-30-14-12-10-8-6-4-2)46-28-26-44-38(46)32-19-23-42-24-20-32/h15-28H,3-14,29-30H2,1-2H3. The molecule has 0 saturated carbocycles. The molecule has 262 valence electrons. The molecule has 0 amide bonds. The normalized spacial score (nSPS) is 11.1. The van der Waals surface area contributed by atoms with E-state index in [2.05, 4.69) is 33.8 Å². The van der Waals surface area contributed by atoms with Crippen molar-refractivity contribution >= 4 is 11.9 Å². The SMILES string of the molecule is CCCCCCCCOC(=O)c1ccc(-n2ccnc2-c2ccncc2)c(-n2ccnc2-c2ccncc2)c1C(=O)OCCCCCCCC. The lowest BCUT2D eigenvalue weighted by atomic mass is 10.0. The Kier molecular flexibility index (Phi) is 13.9. The van der Waals surface area contributed by atoms with Crippen molar-refractivity contribution in [3.05, 3.63) is 97.1 Å². The number of hydrogen-bond donors (Lipinski definition) is 0. The molecule has 10 nitrogen and oxygen atoms in total. The van der Waals surface area contributed by atoms with E-state index in [1.807, 2.05) is 45.7 Å². The van der Waals surface area contributed by atoms with E-state index in [9.17, 15) is 9.59 Å². The van der Waals surface area contributed by atoms with Gasteiger partial charge in [-0.3, -0.25) is 19.1 Å². The Labute approximate surface area is 294 Å². The topological polar surface area (TPSA) is 114 Å². The molecule has 0 bridgehead atoms. The molecule has 5 rings (SSSR count). The third kappa shape index (κ3) is 9.31. The summed E-state index contributed by atoms with van der Waals surface area (Å²) in [6.07, 6.45) is 26.5. The molecule has 0 aliphatic rings. The van der Waals surface area contributed by atoms with E-state index >= 15 is 0 Å². The van der Waals surface area contributed by atoms with Crippen LogP contribution in [0, 0.1) is 0 Å². The van der Waals surface area contributed by atoms with Crippen LogP contribution in [0.3, 0.4) is 0 Å². The Morgan fingerprint density at radius 2 is 1.04 bits per heavy atom. The summed E-state index contributed by atoms with van der Waals surface area (Å²) in [5.41, 5.74) is 2.93. The van der Waals surface area contributed by atoms with Crippen molar-refractivity contribution in [1.29, 1.82) is 0 Å². The first-order valence-corrected chi connectivity index (χ1v) is 18.0. The summed E-state index contributed by atoms with van der Waals surface area (Å²) in [4.78, 5) is 45.9. The lowest BCUT2D eigenvalue weighted by molar-refractivity contribution is 0.0450. The quantitative estimate of drug-likeness (QED) is 0.0592. The van der Waals surface area contributed by atoms with Crippen molar-refractivity contribution in [2.45, 2.75) is 90.9 Å². The van der Waals surface area contributed by atoms with Crippen LogP contribution < -0.4 is 0 Å². The van der Waals surface area contributed by atoms with E-state index < -0.39 is 11.9 Å². The lowest BCUT2D eigenvalue weighted by Gasteiger charge is -2.21. The van der Waals surface area contributed by atoms with Gasteiger partial charge in [-0.15, -0.1) is 0 Å². The van der Waals surface area contributed by atoms with Gasteiger partial charge >= 0.3 is 11.9 Å². The number of esters is 2. The van der Waals surface area contributed by atoms with Crippen LogP contribution in [-0.4, -0.2) is 54.2 Å². The summed E-state index contributed by atoms with van der Waals surface area (Å²) in [5, 5.41) is 0. The van der Waals surface area contributed by atoms with Gasteiger partial charge in [0.2, 0.25) is 0 Å². The molecule has 0 aliphatic heterocycles. The van der Waals surface area contributed by atoms with Crippen LogP contribution in [0.15, 0.2) is 86.0 Å². The number of aromatic nitrogens is 6. The van der Waals surface area contributed by atoms with Crippen LogP contribution in [-0.2, 0) is 9.47 Å². The minimum absolute atomic E-state index is 0.115. The molecule has 0 atom stereocenters. The molecule has 0 fully saturated rings. The van der Waals surface area contributed by atoms with Crippen LogP contribution in [0.5, 0.6) is 0 Å². The number of carbonyl (C=O) groups excluding carboxylic acids is 2. The van der Waals surface area contributed by atoms with E-state index in [1.165, 1.54) is 32.1 Å². The first-order chi connectivity index (χ1) is 24.6. The van der Waals surface area contributed by atoms with Gasteiger partial charge in [-0.05, 0) is 49.2 Å². The number of nitrogens with zero attached hydrogens (tertiary/aromatic N) is 6. The molecular weight excluding hydrogens is 628 g/mol. The van der Waals surface area contributed by atoms with Crippen molar-refractivity contribution in [2.24, 2.45) is 0 Å². The average molecular weight is 677 g/mol. The summed E-state index contributed by atoms with van der Waals surface area (Å²) >= 11 is 0. The molecule has 0 spiro atoms. The largest absolute Gasteiger partial charge is 0.462 e. The fourth-order valence-electron chi connectivity index (χ4n) is 6.05. The molecule has 0 unspecified atom stereocenters. The Morgan fingerprint density at radius 1 is 0.560 bits per heavy atom. The number of hydrogen-bond acceptors (Lipinski definition) is 8. The Hall–Kier alpha value is -5.12. The second-order valence-electron chi connectivity index (χ2n) is 12.4. The van der Waals surface area contributed by atoms with Crippen LogP contribution >= 0.6 is 0 Å². The molecular formula is C40H48N6O4. The van der Waals surface area contributed by atoms with Crippen molar-refractivity contribution in [3.63, 3.8) is 0 Å². The number of rotatable bonds is 20. The average Bonchev–Trinajstić information content (AvgIpc) is 3.85. The minimum atomic E-state index is -0.595. The van der Waals surface area contributed by atoms with Crippen molar-refractivity contribution in [2.75, 3.05) is 13.2 Å². The van der Waals surface area contributed by atoms with Crippen molar-refractivity contribution < 1.29 is 19.1 Å². The Morgan fingerprint density at radius 3 is 1.60 bits per heavy atom. The zero-order valence-corrected chi connectivity index (χ0v) is 29.3. The Bertz CT molecular complexity index is 1780. The molecule has 0 saturated heterocycles. The third-order valence-electron chi connectivity index (χ3n) is 8.70. The second kappa shape index (κ2) is 19.2. The van der Waals surface area contributed by atoms with Gasteiger partial charge < -0.3 is 9.47 Å². The highest BCUT2D eigenvalue weighted by Gasteiger charge is 2.29. The van der Waals surface area contributed by atoms with Crippen molar-refractivity contribution in [3.8, 4) is 34.2 Å². The molecule has 0 radical (unpaired) electrons. The predicted molar refractivity (Wildman–Crippen MR) is 194 cm³/mol. The van der Waals surface area contributed by atoms with E-state index in [0.29, 0.717) is 23.0 Å². The molecule has 10 heteroatoms. The second-order valence-corrected chi connectivity index (χ2v) is 12.4. The number of ether oxygens (including phenoxy) is 2. The molecule has 50 heavy (non-hydrogen) atoms. The third-order valence-corrected chi connectivity index (χ3v) is 8.70. The molecule has 0 aliphatic carbocycles. The fourth-order valence-corrected chi connectivity index (χ4v) is 6.05. The summed E-state index contributed by atoms with van der Waals surface area (Å²) in [6, 6.07) is 10.9. The molecule has 4 aromatic heterocycles. The van der Waals surface area contributed by atoms with E-state index in [4.69, 9.17) is 9.47 Å². The van der Waals surface area contributed by atoms with E-state index in [1.54, 1.807) is 49.4 Å². The van der Waals surface area contributed by atoms with Gasteiger partial charge in [0.15, 0.2) is 0 Å². The maximum Gasteiger partial charge on any atom is 0.341 e. The van der Waals surface area contributed by atoms with Crippen LogP contribution in [0.1, 0.15) is 112 Å². The van der Waals surface area contributed by atoms with Gasteiger partial charge in [0.25, 0.3) is 0 Å². The minimum Gasteiger partial charge on any atom is -0.462 e. The number of pyridine rings is 2. The molecule has 1 aromatic carbocycles. The highest BCUT2D eigenvalue weighted by molar-refractivity contribution is 6.07. The summed E-state index contributed by atoms with van der Waals surface area (Å²) in [7, 11) is 0. The van der Waals surface area contributed by atoms with Gasteiger partial charge in [0.1, 0.15) is 17.2 Å². The monoisotopic (exact) mass is 676 g/mol. The van der Waals surface area contributed by atoms with Gasteiger partial charge in [-0.2, -0.15) is 0 Å². The zero-order valence-electron chi connectivity index (χ0n) is 29.3.